The third-order valence-corrected chi connectivity index (χ3v) is 4.33. The predicted molar refractivity (Wildman–Crippen MR) is 75.8 cm³/mol. The van der Waals surface area contributed by atoms with Gasteiger partial charge >= 0.3 is 5.91 Å². The highest BCUT2D eigenvalue weighted by Crippen LogP contribution is 2.22. The van der Waals surface area contributed by atoms with Crippen LogP contribution in [0.2, 0.25) is 0 Å². The van der Waals surface area contributed by atoms with Crippen molar-refractivity contribution in [1.29, 1.82) is 0 Å². The fraction of sp³-hybridized carbons (Fsp3) is 0.733. The van der Waals surface area contributed by atoms with E-state index in [9.17, 15) is 9.18 Å². The molecule has 3 heterocycles. The molecule has 0 spiro atoms. The van der Waals surface area contributed by atoms with Gasteiger partial charge in [0.2, 0.25) is 0 Å². The molecule has 1 amide bonds. The molecule has 1 unspecified atom stereocenters. The molecular weight excluding hydrogens is 273 g/mol. The van der Waals surface area contributed by atoms with Crippen LogP contribution in [-0.2, 0) is 13.0 Å². The van der Waals surface area contributed by atoms with Crippen LogP contribution < -0.4 is 0 Å². The largest absolute Gasteiger partial charge is 0.437 e. The van der Waals surface area contributed by atoms with Gasteiger partial charge in [-0.25, -0.2) is 9.37 Å². The molecule has 0 bridgehead atoms. The highest BCUT2D eigenvalue weighted by molar-refractivity contribution is 5.89. The Morgan fingerprint density at radius 1 is 1.48 bits per heavy atom. The van der Waals surface area contributed by atoms with E-state index in [1.54, 1.807) is 0 Å². The van der Waals surface area contributed by atoms with Crippen molar-refractivity contribution < 1.29 is 13.6 Å². The zero-order chi connectivity index (χ0) is 14.8. The van der Waals surface area contributed by atoms with E-state index >= 15 is 0 Å². The molecule has 1 saturated heterocycles. The number of amides is 1. The van der Waals surface area contributed by atoms with Crippen LogP contribution in [0.1, 0.15) is 41.9 Å². The number of oxazole rings is 1. The minimum atomic E-state index is -0.357. The lowest BCUT2D eigenvalue weighted by Gasteiger charge is -2.29. The number of likely N-dealkylation sites (tertiary alicyclic amines) is 1. The maximum absolute atomic E-state index is 12.5. The number of alkyl halides is 1. The average molecular weight is 295 g/mol. The maximum Gasteiger partial charge on any atom is 0.309 e. The second kappa shape index (κ2) is 6.13. The number of fused-ring (bicyclic) bond motifs is 1. The van der Waals surface area contributed by atoms with Crippen LogP contribution in [0.3, 0.4) is 0 Å². The number of hydrogen-bond donors (Lipinski definition) is 0. The summed E-state index contributed by atoms with van der Waals surface area (Å²) in [5.74, 6) is 1.43. The Kier molecular flexibility index (Phi) is 4.24. The first-order valence-electron chi connectivity index (χ1n) is 7.73. The van der Waals surface area contributed by atoms with Gasteiger partial charge in [0.1, 0.15) is 12.4 Å². The normalized spacial score (nSPS) is 23.1. The quantitative estimate of drug-likeness (QED) is 0.854. The molecule has 3 rings (SSSR count). The summed E-state index contributed by atoms with van der Waals surface area (Å²) in [7, 11) is 0. The molecule has 0 aliphatic carbocycles. The first-order chi connectivity index (χ1) is 10.2. The zero-order valence-corrected chi connectivity index (χ0v) is 12.5. The lowest BCUT2D eigenvalue weighted by atomic mass is 10.0. The van der Waals surface area contributed by atoms with E-state index in [0.29, 0.717) is 25.4 Å². The van der Waals surface area contributed by atoms with Gasteiger partial charge in [-0.1, -0.05) is 6.92 Å². The summed E-state index contributed by atoms with van der Waals surface area (Å²) in [6.07, 6.45) is 2.91. The number of piperidine rings is 1. The maximum atomic E-state index is 12.5. The minimum Gasteiger partial charge on any atom is -0.437 e. The molecule has 6 heteroatoms. The lowest BCUT2D eigenvalue weighted by Crippen LogP contribution is -2.39. The fourth-order valence-electron chi connectivity index (χ4n) is 3.16. The molecule has 1 atom stereocenters. The Morgan fingerprint density at radius 2 is 2.33 bits per heavy atom. The number of hydrogen-bond acceptors (Lipinski definition) is 4. The van der Waals surface area contributed by atoms with Gasteiger partial charge in [-0.3, -0.25) is 9.69 Å². The molecule has 116 valence electrons. The number of aromatic nitrogens is 1. The highest BCUT2D eigenvalue weighted by atomic mass is 19.1. The summed E-state index contributed by atoms with van der Waals surface area (Å²) in [5.41, 5.74) is 0.795. The summed E-state index contributed by atoms with van der Waals surface area (Å²) in [6.45, 7) is 5.12. The third-order valence-electron chi connectivity index (χ3n) is 4.33. The monoisotopic (exact) mass is 295 g/mol. The third kappa shape index (κ3) is 3.10. The van der Waals surface area contributed by atoms with E-state index in [0.717, 1.165) is 37.5 Å². The molecule has 5 nitrogen and oxygen atoms in total. The van der Waals surface area contributed by atoms with E-state index in [4.69, 9.17) is 4.42 Å². The van der Waals surface area contributed by atoms with Crippen molar-refractivity contribution in [3.63, 3.8) is 0 Å². The van der Waals surface area contributed by atoms with E-state index in [1.807, 2.05) is 9.80 Å². The van der Waals surface area contributed by atoms with Crippen molar-refractivity contribution in [2.75, 3.05) is 32.9 Å². The Bertz CT molecular complexity index is 517. The van der Waals surface area contributed by atoms with Gasteiger partial charge in [-0.2, -0.15) is 0 Å². The molecule has 21 heavy (non-hydrogen) atoms. The van der Waals surface area contributed by atoms with Gasteiger partial charge in [0.05, 0.1) is 5.69 Å². The molecule has 0 aromatic carbocycles. The molecular formula is C15H22FN3O2. The van der Waals surface area contributed by atoms with Crippen LogP contribution in [0, 0.1) is 5.92 Å². The van der Waals surface area contributed by atoms with Crippen molar-refractivity contribution in [3.8, 4) is 0 Å². The number of nitrogens with zero attached hydrogens (tertiary/aromatic N) is 3. The molecule has 2 aliphatic heterocycles. The van der Waals surface area contributed by atoms with Gasteiger partial charge in [0.15, 0.2) is 0 Å². The van der Waals surface area contributed by atoms with Crippen molar-refractivity contribution >= 4 is 5.91 Å². The zero-order valence-electron chi connectivity index (χ0n) is 12.5. The predicted octanol–water partition coefficient (Wildman–Crippen LogP) is 1.87. The molecule has 2 aliphatic rings. The molecule has 1 fully saturated rings. The first kappa shape index (κ1) is 14.5. The standard InChI is InChI=1S/C15H22FN3O2/c1-11-3-2-6-19(9-11)15(20)14-17-12-10-18(8-5-16)7-4-13(12)21-14/h11H,2-10H2,1H3. The van der Waals surface area contributed by atoms with Gasteiger partial charge < -0.3 is 9.32 Å². The summed E-state index contributed by atoms with van der Waals surface area (Å²) in [6, 6.07) is 0. The van der Waals surface area contributed by atoms with Gasteiger partial charge in [-0.15, -0.1) is 0 Å². The fourth-order valence-corrected chi connectivity index (χ4v) is 3.16. The van der Waals surface area contributed by atoms with Crippen LogP contribution >= 0.6 is 0 Å². The molecule has 0 saturated carbocycles. The topological polar surface area (TPSA) is 49.6 Å². The molecule has 1 aromatic heterocycles. The van der Waals surface area contributed by atoms with Crippen LogP contribution in [0.15, 0.2) is 4.42 Å². The minimum absolute atomic E-state index is 0.104. The van der Waals surface area contributed by atoms with Crippen LogP contribution in [-0.4, -0.2) is 53.5 Å². The molecule has 0 N–H and O–H groups in total. The van der Waals surface area contributed by atoms with Crippen LogP contribution in [0.25, 0.3) is 0 Å². The van der Waals surface area contributed by atoms with Gasteiger partial charge in [-0.05, 0) is 18.8 Å². The van der Waals surface area contributed by atoms with Crippen molar-refractivity contribution in [2.45, 2.75) is 32.7 Å². The number of carbonyl (C=O) groups is 1. The lowest BCUT2D eigenvalue weighted by molar-refractivity contribution is 0.0640. The highest BCUT2D eigenvalue weighted by Gasteiger charge is 2.29. The van der Waals surface area contributed by atoms with E-state index in [1.165, 1.54) is 6.42 Å². The van der Waals surface area contributed by atoms with E-state index in [2.05, 4.69) is 11.9 Å². The SMILES string of the molecule is CC1CCCN(C(=O)c2nc3c(o2)CCN(CCF)C3)C1. The summed E-state index contributed by atoms with van der Waals surface area (Å²) in [5, 5.41) is 0. The number of rotatable bonds is 3. The number of halogens is 1. The van der Waals surface area contributed by atoms with Crippen molar-refractivity contribution in [1.82, 2.24) is 14.8 Å². The summed E-state index contributed by atoms with van der Waals surface area (Å²) in [4.78, 5) is 20.7. The van der Waals surface area contributed by atoms with Crippen molar-refractivity contribution in [2.24, 2.45) is 5.92 Å². The Hall–Kier alpha value is -1.43. The second-order valence-corrected chi connectivity index (χ2v) is 6.10. The summed E-state index contributed by atoms with van der Waals surface area (Å²) >= 11 is 0. The van der Waals surface area contributed by atoms with E-state index < -0.39 is 0 Å². The average Bonchev–Trinajstić information content (AvgIpc) is 2.90. The number of carbonyl (C=O) groups excluding carboxylic acids is 1. The van der Waals surface area contributed by atoms with Gasteiger partial charge in [0, 0.05) is 39.1 Å². The first-order valence-corrected chi connectivity index (χ1v) is 7.73. The second-order valence-electron chi connectivity index (χ2n) is 6.10. The summed E-state index contributed by atoms with van der Waals surface area (Å²) < 4.78 is 18.1. The smallest absolute Gasteiger partial charge is 0.309 e. The Labute approximate surface area is 124 Å². The molecule has 1 aromatic rings. The van der Waals surface area contributed by atoms with Crippen molar-refractivity contribution in [3.05, 3.63) is 17.3 Å². The van der Waals surface area contributed by atoms with Crippen LogP contribution in [0.4, 0.5) is 4.39 Å². The van der Waals surface area contributed by atoms with E-state index in [-0.39, 0.29) is 18.5 Å². The molecule has 0 radical (unpaired) electrons. The Balaban J connectivity index is 1.71. The van der Waals surface area contributed by atoms with Crippen LogP contribution in [0.5, 0.6) is 0 Å². The Morgan fingerprint density at radius 3 is 3.10 bits per heavy atom. The van der Waals surface area contributed by atoms with Gasteiger partial charge in [0.25, 0.3) is 5.89 Å².